The van der Waals surface area contributed by atoms with Gasteiger partial charge in [-0.25, -0.2) is 4.98 Å². The minimum absolute atomic E-state index is 0.0816. The fourth-order valence-electron chi connectivity index (χ4n) is 8.22. The predicted molar refractivity (Wildman–Crippen MR) is 205 cm³/mol. The molecule has 240 valence electrons. The highest BCUT2D eigenvalue weighted by Crippen LogP contribution is 2.51. The average Bonchev–Trinajstić information content (AvgIpc) is 3.75. The van der Waals surface area contributed by atoms with Crippen LogP contribution in [0.4, 0.5) is 0 Å². The molecule has 3 heteroatoms. The lowest BCUT2D eigenvalue weighted by Gasteiger charge is -2.24. The average molecular weight is 637 g/mol. The summed E-state index contributed by atoms with van der Waals surface area (Å²) in [5, 5.41) is 2.27. The van der Waals surface area contributed by atoms with Gasteiger partial charge in [0.25, 0.3) is 0 Å². The highest BCUT2D eigenvalue weighted by Gasteiger charge is 2.36. The standard InChI is InChI=1S/C46H40N2O/c1-27(2)34-23-30(29-15-8-7-9-16-29)24-35(28(3)4)43(34)48-41-22-13-12-21-40(41)47-45(48)33-19-14-18-32-37-25-39-36(26-42(37)49-44(32)33)31-17-10-11-20-38(31)46(39,5)6/h7-28H,1-6H3. The van der Waals surface area contributed by atoms with Crippen LogP contribution < -0.4 is 0 Å². The van der Waals surface area contributed by atoms with Crippen molar-refractivity contribution in [3.63, 3.8) is 0 Å². The normalized spacial score (nSPS) is 13.6. The Morgan fingerprint density at radius 1 is 0.592 bits per heavy atom. The van der Waals surface area contributed by atoms with Crippen LogP contribution in [0.2, 0.25) is 0 Å². The molecule has 0 saturated heterocycles. The first-order valence-corrected chi connectivity index (χ1v) is 17.5. The van der Waals surface area contributed by atoms with E-state index in [1.54, 1.807) is 0 Å². The first-order valence-electron chi connectivity index (χ1n) is 17.5. The summed E-state index contributed by atoms with van der Waals surface area (Å²) < 4.78 is 9.33. The van der Waals surface area contributed by atoms with Crippen molar-refractivity contribution in [2.24, 2.45) is 0 Å². The van der Waals surface area contributed by atoms with E-state index in [2.05, 4.69) is 167 Å². The summed E-state index contributed by atoms with van der Waals surface area (Å²) in [6, 6.07) is 44.0. The Balaban J connectivity index is 1.33. The van der Waals surface area contributed by atoms with E-state index in [0.717, 1.165) is 44.4 Å². The van der Waals surface area contributed by atoms with E-state index in [1.165, 1.54) is 50.2 Å². The van der Waals surface area contributed by atoms with E-state index in [0.29, 0.717) is 11.8 Å². The van der Waals surface area contributed by atoms with E-state index < -0.39 is 0 Å². The second kappa shape index (κ2) is 10.8. The molecule has 3 nitrogen and oxygen atoms in total. The van der Waals surface area contributed by atoms with Crippen LogP contribution >= 0.6 is 0 Å². The monoisotopic (exact) mass is 636 g/mol. The van der Waals surface area contributed by atoms with Crippen molar-refractivity contribution in [1.82, 2.24) is 9.55 Å². The molecule has 0 aliphatic heterocycles. The largest absolute Gasteiger partial charge is 0.455 e. The summed E-state index contributed by atoms with van der Waals surface area (Å²) in [7, 11) is 0. The van der Waals surface area contributed by atoms with Gasteiger partial charge in [-0.05, 0) is 98.8 Å². The quantitative estimate of drug-likeness (QED) is 0.188. The minimum Gasteiger partial charge on any atom is -0.455 e. The van der Waals surface area contributed by atoms with Gasteiger partial charge in [0.15, 0.2) is 0 Å². The third-order valence-corrected chi connectivity index (χ3v) is 10.7. The number of furan rings is 1. The highest BCUT2D eigenvalue weighted by molar-refractivity contribution is 6.11. The Labute approximate surface area is 287 Å². The molecule has 0 atom stereocenters. The zero-order chi connectivity index (χ0) is 33.6. The number of benzene rings is 6. The fraction of sp³-hybridized carbons (Fsp3) is 0.196. The maximum Gasteiger partial charge on any atom is 0.149 e. The molecule has 0 saturated carbocycles. The lowest BCUT2D eigenvalue weighted by molar-refractivity contribution is 0.658. The number of fused-ring (bicyclic) bond motifs is 7. The zero-order valence-electron chi connectivity index (χ0n) is 29.0. The van der Waals surface area contributed by atoms with Gasteiger partial charge in [0.05, 0.1) is 22.3 Å². The first kappa shape index (κ1) is 29.7. The van der Waals surface area contributed by atoms with Crippen LogP contribution in [-0.2, 0) is 5.41 Å². The van der Waals surface area contributed by atoms with Crippen molar-refractivity contribution in [2.75, 3.05) is 0 Å². The fourth-order valence-corrected chi connectivity index (χ4v) is 8.22. The maximum absolute atomic E-state index is 6.91. The van der Waals surface area contributed by atoms with Crippen LogP contribution in [-0.4, -0.2) is 9.55 Å². The highest BCUT2D eigenvalue weighted by atomic mass is 16.3. The van der Waals surface area contributed by atoms with Gasteiger partial charge in [0, 0.05) is 16.2 Å². The van der Waals surface area contributed by atoms with Gasteiger partial charge in [-0.3, -0.25) is 4.57 Å². The summed E-state index contributed by atoms with van der Waals surface area (Å²) in [5.74, 6) is 1.49. The van der Waals surface area contributed by atoms with E-state index in [-0.39, 0.29) is 5.41 Å². The molecule has 49 heavy (non-hydrogen) atoms. The second-order valence-corrected chi connectivity index (χ2v) is 14.8. The van der Waals surface area contributed by atoms with Crippen LogP contribution in [0.3, 0.4) is 0 Å². The third kappa shape index (κ3) is 4.38. The molecule has 0 amide bonds. The lowest BCUT2D eigenvalue weighted by Crippen LogP contribution is -2.14. The molecule has 0 fully saturated rings. The number of para-hydroxylation sites is 3. The molecule has 1 aliphatic rings. The molecule has 0 spiro atoms. The van der Waals surface area contributed by atoms with Crippen molar-refractivity contribution < 1.29 is 4.42 Å². The Morgan fingerprint density at radius 3 is 2.02 bits per heavy atom. The Hall–Kier alpha value is -5.41. The van der Waals surface area contributed by atoms with Gasteiger partial charge in [0.2, 0.25) is 0 Å². The number of hydrogen-bond acceptors (Lipinski definition) is 2. The van der Waals surface area contributed by atoms with Crippen molar-refractivity contribution in [3.8, 4) is 39.3 Å². The van der Waals surface area contributed by atoms with Gasteiger partial charge in [-0.1, -0.05) is 120 Å². The Morgan fingerprint density at radius 2 is 1.27 bits per heavy atom. The molecule has 0 unspecified atom stereocenters. The summed E-state index contributed by atoms with van der Waals surface area (Å²) in [6.07, 6.45) is 0. The zero-order valence-corrected chi connectivity index (χ0v) is 29.0. The van der Waals surface area contributed by atoms with Crippen molar-refractivity contribution in [1.29, 1.82) is 0 Å². The molecular weight excluding hydrogens is 597 g/mol. The Bertz CT molecular complexity index is 2550. The number of imidazole rings is 1. The van der Waals surface area contributed by atoms with Crippen LogP contribution in [0.25, 0.3) is 72.3 Å². The van der Waals surface area contributed by atoms with Crippen molar-refractivity contribution in [2.45, 2.75) is 58.8 Å². The molecule has 1 aliphatic carbocycles. The summed E-state index contributed by atoms with van der Waals surface area (Å²) in [6.45, 7) is 13.9. The van der Waals surface area contributed by atoms with Crippen LogP contribution in [0.5, 0.6) is 0 Å². The molecule has 9 rings (SSSR count). The maximum atomic E-state index is 6.91. The smallest absolute Gasteiger partial charge is 0.149 e. The topological polar surface area (TPSA) is 31.0 Å². The molecule has 0 bridgehead atoms. The first-order chi connectivity index (χ1) is 23.7. The molecular formula is C46H40N2O. The number of rotatable bonds is 5. The molecule has 0 N–H and O–H groups in total. The molecule has 0 radical (unpaired) electrons. The van der Waals surface area contributed by atoms with E-state index in [9.17, 15) is 0 Å². The van der Waals surface area contributed by atoms with Gasteiger partial charge in [-0.2, -0.15) is 0 Å². The molecule has 8 aromatic rings. The van der Waals surface area contributed by atoms with Crippen molar-refractivity contribution >= 4 is 33.0 Å². The van der Waals surface area contributed by atoms with E-state index in [1.807, 2.05) is 0 Å². The van der Waals surface area contributed by atoms with Gasteiger partial charge in [0.1, 0.15) is 17.0 Å². The number of nitrogens with zero attached hydrogens (tertiary/aromatic N) is 2. The van der Waals surface area contributed by atoms with E-state index in [4.69, 9.17) is 9.40 Å². The van der Waals surface area contributed by atoms with Crippen LogP contribution in [0.1, 0.15) is 75.6 Å². The number of aromatic nitrogens is 2. The van der Waals surface area contributed by atoms with Crippen LogP contribution in [0.15, 0.2) is 126 Å². The minimum atomic E-state index is -0.0816. The lowest BCUT2D eigenvalue weighted by atomic mass is 9.82. The molecule has 6 aromatic carbocycles. The molecule has 2 aromatic heterocycles. The summed E-state index contributed by atoms with van der Waals surface area (Å²) in [5.41, 5.74) is 16.4. The SMILES string of the molecule is CC(C)c1cc(-c2ccccc2)cc(C(C)C)c1-n1c(-c2cccc3c2oc2cc4c(cc23)C(C)(C)c2ccccc2-4)nc2ccccc21. The summed E-state index contributed by atoms with van der Waals surface area (Å²) in [4.78, 5) is 5.38. The van der Waals surface area contributed by atoms with Crippen molar-refractivity contribution in [3.05, 3.63) is 144 Å². The van der Waals surface area contributed by atoms with Gasteiger partial charge >= 0.3 is 0 Å². The van der Waals surface area contributed by atoms with Crippen LogP contribution in [0, 0.1) is 0 Å². The third-order valence-electron chi connectivity index (χ3n) is 10.7. The molecule has 2 heterocycles. The van der Waals surface area contributed by atoms with Gasteiger partial charge in [-0.15, -0.1) is 0 Å². The second-order valence-electron chi connectivity index (χ2n) is 14.8. The van der Waals surface area contributed by atoms with Gasteiger partial charge < -0.3 is 4.42 Å². The predicted octanol–water partition coefficient (Wildman–Crippen LogP) is 12.8. The van der Waals surface area contributed by atoms with E-state index >= 15 is 0 Å². The number of hydrogen-bond donors (Lipinski definition) is 0. The summed E-state index contributed by atoms with van der Waals surface area (Å²) >= 11 is 0. The Kier molecular flexibility index (Phi) is 6.55.